The fourth-order valence-corrected chi connectivity index (χ4v) is 1.20. The third-order valence-electron chi connectivity index (χ3n) is 1.92. The zero-order valence-electron chi connectivity index (χ0n) is 9.37. The highest BCUT2D eigenvalue weighted by Crippen LogP contribution is 2.15. The second-order valence-electron chi connectivity index (χ2n) is 3.11. The van der Waals surface area contributed by atoms with Gasteiger partial charge >= 0.3 is 5.97 Å². The predicted molar refractivity (Wildman–Crippen MR) is 65.6 cm³/mol. The first-order valence-electron chi connectivity index (χ1n) is 5.17. The van der Waals surface area contributed by atoms with E-state index in [1.165, 1.54) is 0 Å². The summed E-state index contributed by atoms with van der Waals surface area (Å²) in [6.07, 6.45) is 0.696. The van der Waals surface area contributed by atoms with Gasteiger partial charge in [0, 0.05) is 0 Å². The summed E-state index contributed by atoms with van der Waals surface area (Å²) >= 11 is 5.81. The molecule has 0 unspecified atom stereocenters. The molecule has 0 saturated heterocycles. The van der Waals surface area contributed by atoms with Gasteiger partial charge in [-0.15, -0.1) is 0 Å². The maximum Gasteiger partial charge on any atom is 0.338 e. The molecule has 0 aromatic heterocycles. The third kappa shape index (κ3) is 3.66. The lowest BCUT2D eigenvalue weighted by atomic mass is 10.2. The largest absolute Gasteiger partial charge is 0.462 e. The van der Waals surface area contributed by atoms with E-state index in [9.17, 15) is 4.79 Å². The molecule has 16 heavy (non-hydrogen) atoms. The normalized spacial score (nSPS) is 11.3. The minimum atomic E-state index is -0.320. The lowest BCUT2D eigenvalue weighted by Crippen LogP contribution is -2.03. The van der Waals surface area contributed by atoms with E-state index in [-0.39, 0.29) is 5.97 Å². The van der Waals surface area contributed by atoms with Crippen LogP contribution in [0, 0.1) is 0 Å². The van der Waals surface area contributed by atoms with Crippen LogP contribution in [0.2, 0.25) is 0 Å². The second-order valence-corrected chi connectivity index (χ2v) is 3.55. The fraction of sp³-hybridized carbons (Fsp3) is 0.333. The SMILES string of the molecule is CCOC(=O)c1ccc(N=C(Cl)CC)cc1. The number of rotatable bonds is 4. The van der Waals surface area contributed by atoms with Crippen LogP contribution >= 0.6 is 11.6 Å². The van der Waals surface area contributed by atoms with Gasteiger partial charge < -0.3 is 4.74 Å². The van der Waals surface area contributed by atoms with Crippen molar-refractivity contribution in [3.05, 3.63) is 29.8 Å². The molecule has 3 nitrogen and oxygen atoms in total. The van der Waals surface area contributed by atoms with Gasteiger partial charge in [0.15, 0.2) is 0 Å². The number of carbonyl (C=O) groups is 1. The first-order chi connectivity index (χ1) is 7.67. The molecule has 4 heteroatoms. The summed E-state index contributed by atoms with van der Waals surface area (Å²) in [5, 5.41) is 0.545. The van der Waals surface area contributed by atoms with Gasteiger partial charge in [0.2, 0.25) is 0 Å². The molecule has 0 aliphatic heterocycles. The maximum atomic E-state index is 11.4. The predicted octanol–water partition coefficient (Wildman–Crippen LogP) is 3.54. The van der Waals surface area contributed by atoms with Crippen LogP contribution in [0.1, 0.15) is 30.6 Å². The van der Waals surface area contributed by atoms with Crippen LogP contribution < -0.4 is 0 Å². The highest BCUT2D eigenvalue weighted by atomic mass is 35.5. The Hall–Kier alpha value is -1.35. The first-order valence-corrected chi connectivity index (χ1v) is 5.55. The summed E-state index contributed by atoms with van der Waals surface area (Å²) in [6, 6.07) is 6.84. The number of carbonyl (C=O) groups excluding carboxylic acids is 1. The Bertz CT molecular complexity index is 385. The molecule has 0 spiro atoms. The maximum absolute atomic E-state index is 11.4. The summed E-state index contributed by atoms with van der Waals surface area (Å²) in [7, 11) is 0. The monoisotopic (exact) mass is 239 g/mol. The smallest absolute Gasteiger partial charge is 0.338 e. The van der Waals surface area contributed by atoms with Crippen molar-refractivity contribution in [2.75, 3.05) is 6.61 Å². The van der Waals surface area contributed by atoms with E-state index in [4.69, 9.17) is 16.3 Å². The van der Waals surface area contributed by atoms with E-state index in [0.717, 1.165) is 5.69 Å². The van der Waals surface area contributed by atoms with Gasteiger partial charge in [-0.3, -0.25) is 0 Å². The van der Waals surface area contributed by atoms with Crippen molar-refractivity contribution in [3.8, 4) is 0 Å². The molecule has 1 rings (SSSR count). The summed E-state index contributed by atoms with van der Waals surface area (Å²) in [6.45, 7) is 4.08. The molecule has 0 fully saturated rings. The molecule has 0 aliphatic rings. The van der Waals surface area contributed by atoms with Crippen LogP contribution in [0.5, 0.6) is 0 Å². The lowest BCUT2D eigenvalue weighted by molar-refractivity contribution is 0.0526. The van der Waals surface area contributed by atoms with Crippen molar-refractivity contribution in [3.63, 3.8) is 0 Å². The average Bonchev–Trinajstić information content (AvgIpc) is 2.30. The molecule has 0 saturated carbocycles. The molecule has 0 bridgehead atoms. The van der Waals surface area contributed by atoms with E-state index in [1.54, 1.807) is 31.2 Å². The molecule has 86 valence electrons. The third-order valence-corrected chi connectivity index (χ3v) is 2.27. The van der Waals surface area contributed by atoms with E-state index in [2.05, 4.69) is 4.99 Å². The van der Waals surface area contributed by atoms with Gasteiger partial charge in [0.05, 0.1) is 17.9 Å². The summed E-state index contributed by atoms with van der Waals surface area (Å²) in [5.41, 5.74) is 1.26. The van der Waals surface area contributed by atoms with Crippen molar-refractivity contribution in [1.29, 1.82) is 0 Å². The van der Waals surface area contributed by atoms with Crippen molar-refractivity contribution >= 4 is 28.4 Å². The Morgan fingerprint density at radius 3 is 2.44 bits per heavy atom. The molecule has 0 heterocycles. The van der Waals surface area contributed by atoms with Crippen LogP contribution in [0.3, 0.4) is 0 Å². The van der Waals surface area contributed by atoms with Gasteiger partial charge in [-0.25, -0.2) is 9.79 Å². The molecular formula is C12H14ClNO2. The second kappa shape index (κ2) is 6.28. The van der Waals surface area contributed by atoms with Crippen LogP contribution in [-0.4, -0.2) is 17.7 Å². The van der Waals surface area contributed by atoms with Crippen molar-refractivity contribution in [2.24, 2.45) is 4.99 Å². The molecule has 0 atom stereocenters. The highest BCUT2D eigenvalue weighted by molar-refractivity contribution is 6.65. The Labute approximate surface area is 100 Å². The molecule has 0 N–H and O–H groups in total. The zero-order chi connectivity index (χ0) is 12.0. The average molecular weight is 240 g/mol. The molecule has 0 radical (unpaired) electrons. The minimum absolute atomic E-state index is 0.320. The molecule has 1 aromatic rings. The number of nitrogens with zero attached hydrogens (tertiary/aromatic N) is 1. The lowest BCUT2D eigenvalue weighted by Gasteiger charge is -2.01. The Kier molecular flexibility index (Phi) is 4.99. The fourth-order valence-electron chi connectivity index (χ4n) is 1.11. The van der Waals surface area contributed by atoms with Gasteiger partial charge in [-0.2, -0.15) is 0 Å². The molecule has 1 aromatic carbocycles. The summed E-state index contributed by atoms with van der Waals surface area (Å²) in [4.78, 5) is 15.5. The van der Waals surface area contributed by atoms with Gasteiger partial charge in [-0.1, -0.05) is 18.5 Å². The number of hydrogen-bond donors (Lipinski definition) is 0. The summed E-state index contributed by atoms with van der Waals surface area (Å²) in [5.74, 6) is -0.320. The number of hydrogen-bond acceptors (Lipinski definition) is 3. The molecular weight excluding hydrogens is 226 g/mol. The van der Waals surface area contributed by atoms with Crippen LogP contribution in [0.25, 0.3) is 0 Å². The number of aliphatic imine (C=N–C) groups is 1. The van der Waals surface area contributed by atoms with Crippen molar-refractivity contribution in [1.82, 2.24) is 0 Å². The molecule has 0 amide bonds. The van der Waals surface area contributed by atoms with Crippen molar-refractivity contribution < 1.29 is 9.53 Å². The number of benzene rings is 1. The molecule has 0 aliphatic carbocycles. The first kappa shape index (κ1) is 12.7. The quantitative estimate of drug-likeness (QED) is 0.595. The number of ether oxygens (including phenoxy) is 1. The Morgan fingerprint density at radius 1 is 1.31 bits per heavy atom. The van der Waals surface area contributed by atoms with Gasteiger partial charge in [-0.05, 0) is 37.6 Å². The Morgan fingerprint density at radius 2 is 1.94 bits per heavy atom. The topological polar surface area (TPSA) is 38.7 Å². The van der Waals surface area contributed by atoms with Crippen LogP contribution in [0.15, 0.2) is 29.3 Å². The van der Waals surface area contributed by atoms with Crippen LogP contribution in [-0.2, 0) is 4.74 Å². The van der Waals surface area contributed by atoms with E-state index >= 15 is 0 Å². The Balaban J connectivity index is 2.79. The van der Waals surface area contributed by atoms with Crippen LogP contribution in [0.4, 0.5) is 5.69 Å². The summed E-state index contributed by atoms with van der Waals surface area (Å²) < 4.78 is 4.87. The zero-order valence-corrected chi connectivity index (χ0v) is 10.1. The van der Waals surface area contributed by atoms with E-state index < -0.39 is 0 Å². The highest BCUT2D eigenvalue weighted by Gasteiger charge is 2.05. The standard InChI is InChI=1S/C12H14ClNO2/c1-3-11(13)14-10-7-5-9(6-8-10)12(15)16-4-2/h5-8H,3-4H2,1-2H3. The number of halogens is 1. The van der Waals surface area contributed by atoms with E-state index in [1.807, 2.05) is 6.92 Å². The van der Waals surface area contributed by atoms with Gasteiger partial charge in [0.1, 0.15) is 5.17 Å². The minimum Gasteiger partial charge on any atom is -0.462 e. The van der Waals surface area contributed by atoms with Gasteiger partial charge in [0.25, 0.3) is 0 Å². The number of esters is 1. The van der Waals surface area contributed by atoms with Crippen molar-refractivity contribution in [2.45, 2.75) is 20.3 Å². The van der Waals surface area contributed by atoms with E-state index in [0.29, 0.717) is 23.8 Å².